The fourth-order valence-electron chi connectivity index (χ4n) is 0.602. The van der Waals surface area contributed by atoms with Crippen LogP contribution in [0.25, 0.3) is 0 Å². The van der Waals surface area contributed by atoms with E-state index in [1.165, 1.54) is 0 Å². The molecule has 0 radical (unpaired) electrons. The molecule has 0 spiro atoms. The molecule has 1 rings (SSSR count). The first-order chi connectivity index (χ1) is 5.41. The minimum Gasteiger partial charge on any atom is -0.505 e. The molecule has 0 amide bonds. The minimum absolute atomic E-state index is 0.413. The van der Waals surface area contributed by atoms with Gasteiger partial charge in [-0.05, 0) is 0 Å². The molecular weight excluding hydrogens is 177 g/mol. The van der Waals surface area contributed by atoms with Crippen LogP contribution in [0, 0.1) is 0 Å². The van der Waals surface area contributed by atoms with Gasteiger partial charge >= 0.3 is 6.18 Å². The van der Waals surface area contributed by atoms with Gasteiger partial charge in [-0.1, -0.05) is 0 Å². The highest BCUT2D eigenvalue weighted by atomic mass is 19.4. The number of H-pyrrole nitrogens is 1. The van der Waals surface area contributed by atoms with Gasteiger partial charge in [-0.25, -0.2) is 5.10 Å². The van der Waals surface area contributed by atoms with Gasteiger partial charge in [0, 0.05) is 6.07 Å². The van der Waals surface area contributed by atoms with Crippen molar-refractivity contribution in [3.05, 3.63) is 22.1 Å². The van der Waals surface area contributed by atoms with Crippen LogP contribution in [0.15, 0.2) is 10.9 Å². The molecule has 0 atom stereocenters. The Bertz CT molecular complexity index is 343. The summed E-state index contributed by atoms with van der Waals surface area (Å²) in [5.41, 5.74) is -2.39. The molecule has 66 valence electrons. The summed E-state index contributed by atoms with van der Waals surface area (Å²) < 4.78 is 35.5. The fraction of sp³-hybridized carbons (Fsp3) is 0.200. The third kappa shape index (κ3) is 1.55. The number of aromatic amines is 1. The van der Waals surface area contributed by atoms with Gasteiger partial charge in [0.1, 0.15) is 0 Å². The van der Waals surface area contributed by atoms with E-state index in [1.54, 1.807) is 5.10 Å². The summed E-state index contributed by atoms with van der Waals surface area (Å²) in [4.78, 5) is 10.3. The van der Waals surface area contributed by atoms with Crippen LogP contribution >= 0.6 is 0 Å². The number of hydrogen-bond donors (Lipinski definition) is 2. The van der Waals surface area contributed by atoms with Crippen molar-refractivity contribution in [1.29, 1.82) is 0 Å². The van der Waals surface area contributed by atoms with Crippen molar-refractivity contribution >= 4 is 0 Å². The van der Waals surface area contributed by atoms with Crippen LogP contribution in [-0.2, 0) is 6.18 Å². The summed E-state index contributed by atoms with van der Waals surface area (Å²) in [7, 11) is 0. The number of rotatable bonds is 0. The average molecular weight is 180 g/mol. The van der Waals surface area contributed by atoms with Crippen molar-refractivity contribution in [2.75, 3.05) is 0 Å². The molecule has 0 fully saturated rings. The summed E-state index contributed by atoms with van der Waals surface area (Å²) in [5, 5.41) is 12.8. The van der Waals surface area contributed by atoms with E-state index in [2.05, 4.69) is 5.10 Å². The van der Waals surface area contributed by atoms with Crippen LogP contribution in [0.4, 0.5) is 13.2 Å². The molecule has 2 N–H and O–H groups in total. The molecule has 0 bridgehead atoms. The van der Waals surface area contributed by atoms with Crippen LogP contribution in [0.1, 0.15) is 5.69 Å². The van der Waals surface area contributed by atoms with Crippen LogP contribution in [0.5, 0.6) is 5.75 Å². The normalized spacial score (nSPS) is 11.6. The molecule has 0 aromatic carbocycles. The van der Waals surface area contributed by atoms with Gasteiger partial charge in [0.15, 0.2) is 5.75 Å². The van der Waals surface area contributed by atoms with E-state index in [9.17, 15) is 18.0 Å². The van der Waals surface area contributed by atoms with Crippen LogP contribution in [0.3, 0.4) is 0 Å². The Labute approximate surface area is 63.7 Å². The number of alkyl halides is 3. The lowest BCUT2D eigenvalue weighted by molar-refractivity contribution is -0.143. The van der Waals surface area contributed by atoms with Crippen LogP contribution in [-0.4, -0.2) is 15.3 Å². The Hall–Kier alpha value is -1.53. The van der Waals surface area contributed by atoms with Crippen LogP contribution < -0.4 is 5.56 Å². The predicted molar refractivity (Wildman–Crippen MR) is 31.5 cm³/mol. The number of hydrogen-bond acceptors (Lipinski definition) is 3. The standard InChI is InChI=1S/C5H3F3N2O2/c6-5(7,8)4-2(11)1-3(12)9-10-4/h1H,(H2,9,11,12). The average Bonchev–Trinajstić information content (AvgIpc) is 1.83. The van der Waals surface area contributed by atoms with E-state index < -0.39 is 23.2 Å². The number of nitrogens with zero attached hydrogens (tertiary/aromatic N) is 1. The van der Waals surface area contributed by atoms with Gasteiger partial charge in [0.25, 0.3) is 5.56 Å². The Balaban J connectivity index is 3.28. The van der Waals surface area contributed by atoms with E-state index in [1.807, 2.05) is 0 Å². The maximum atomic E-state index is 11.8. The monoisotopic (exact) mass is 180 g/mol. The summed E-state index contributed by atoms with van der Waals surface area (Å²) >= 11 is 0. The Morgan fingerprint density at radius 1 is 1.50 bits per heavy atom. The molecule has 1 aromatic rings. The van der Waals surface area contributed by atoms with Crippen molar-refractivity contribution in [2.24, 2.45) is 0 Å². The topological polar surface area (TPSA) is 66.0 Å². The quantitative estimate of drug-likeness (QED) is 0.610. The third-order valence-corrected chi connectivity index (χ3v) is 1.06. The van der Waals surface area contributed by atoms with Gasteiger partial charge in [0.05, 0.1) is 0 Å². The van der Waals surface area contributed by atoms with E-state index in [-0.39, 0.29) is 0 Å². The molecule has 0 unspecified atom stereocenters. The smallest absolute Gasteiger partial charge is 0.438 e. The van der Waals surface area contributed by atoms with Gasteiger partial charge in [-0.15, -0.1) is 0 Å². The molecule has 12 heavy (non-hydrogen) atoms. The van der Waals surface area contributed by atoms with E-state index in [0.717, 1.165) is 0 Å². The van der Waals surface area contributed by atoms with Gasteiger partial charge < -0.3 is 5.11 Å². The number of aromatic hydroxyl groups is 1. The Kier molecular flexibility index (Phi) is 1.79. The minimum atomic E-state index is -4.76. The lowest BCUT2D eigenvalue weighted by Gasteiger charge is -2.04. The molecule has 0 aliphatic rings. The lowest BCUT2D eigenvalue weighted by Crippen LogP contribution is -2.15. The van der Waals surface area contributed by atoms with Crippen molar-refractivity contribution in [3.63, 3.8) is 0 Å². The molecule has 0 saturated carbocycles. The second-order valence-corrected chi connectivity index (χ2v) is 1.96. The second-order valence-electron chi connectivity index (χ2n) is 1.96. The van der Waals surface area contributed by atoms with Crippen molar-refractivity contribution in [3.8, 4) is 5.75 Å². The molecule has 1 heterocycles. The SMILES string of the molecule is O=c1cc(O)c(C(F)(F)F)n[nH]1. The van der Waals surface area contributed by atoms with Gasteiger partial charge in [-0.2, -0.15) is 18.3 Å². The molecular formula is C5H3F3N2O2. The predicted octanol–water partition coefficient (Wildman–Crippen LogP) is 0.494. The largest absolute Gasteiger partial charge is 0.505 e. The lowest BCUT2D eigenvalue weighted by atomic mass is 10.3. The highest BCUT2D eigenvalue weighted by Crippen LogP contribution is 2.31. The van der Waals surface area contributed by atoms with E-state index in [4.69, 9.17) is 5.11 Å². The zero-order chi connectivity index (χ0) is 9.35. The summed E-state index contributed by atoms with van der Waals surface area (Å²) in [6, 6.07) is 0.413. The molecule has 0 saturated heterocycles. The highest BCUT2D eigenvalue weighted by molar-refractivity contribution is 5.25. The maximum Gasteiger partial charge on any atom is 0.438 e. The van der Waals surface area contributed by atoms with Crippen LogP contribution in [0.2, 0.25) is 0 Å². The molecule has 4 nitrogen and oxygen atoms in total. The second kappa shape index (κ2) is 2.50. The van der Waals surface area contributed by atoms with E-state index >= 15 is 0 Å². The molecule has 1 aromatic heterocycles. The van der Waals surface area contributed by atoms with E-state index in [0.29, 0.717) is 6.07 Å². The zero-order valence-corrected chi connectivity index (χ0v) is 5.51. The molecule has 0 aliphatic carbocycles. The van der Waals surface area contributed by atoms with Gasteiger partial charge in [0.2, 0.25) is 5.69 Å². The first-order valence-electron chi connectivity index (χ1n) is 2.77. The first kappa shape index (κ1) is 8.57. The Morgan fingerprint density at radius 3 is 2.50 bits per heavy atom. The third-order valence-electron chi connectivity index (χ3n) is 1.06. The molecule has 7 heteroatoms. The number of aromatic nitrogens is 2. The fourth-order valence-corrected chi connectivity index (χ4v) is 0.602. The number of nitrogens with one attached hydrogen (secondary N) is 1. The summed E-state index contributed by atoms with van der Waals surface area (Å²) in [6.07, 6.45) is -4.76. The zero-order valence-electron chi connectivity index (χ0n) is 5.51. The van der Waals surface area contributed by atoms with Crippen molar-refractivity contribution in [1.82, 2.24) is 10.2 Å². The maximum absolute atomic E-state index is 11.8. The summed E-state index contributed by atoms with van der Waals surface area (Å²) in [6.45, 7) is 0. The number of halogens is 3. The van der Waals surface area contributed by atoms with Gasteiger partial charge in [-0.3, -0.25) is 4.79 Å². The Morgan fingerprint density at radius 2 is 2.08 bits per heavy atom. The summed E-state index contributed by atoms with van der Waals surface area (Å²) in [5.74, 6) is -1.17. The van der Waals surface area contributed by atoms with Crippen molar-refractivity contribution in [2.45, 2.75) is 6.18 Å². The van der Waals surface area contributed by atoms with Crippen molar-refractivity contribution < 1.29 is 18.3 Å². The highest BCUT2D eigenvalue weighted by Gasteiger charge is 2.36. The molecule has 0 aliphatic heterocycles. The first-order valence-corrected chi connectivity index (χ1v) is 2.77.